The summed E-state index contributed by atoms with van der Waals surface area (Å²) in [5.74, 6) is 0. The van der Waals surface area contributed by atoms with Gasteiger partial charge in [-0.15, -0.1) is 12.4 Å². The molecule has 14 heavy (non-hydrogen) atoms. The normalized spacial score (nSPS) is 26.6. The number of halogens is 2. The third-order valence-corrected chi connectivity index (χ3v) is 2.54. The minimum atomic E-state index is -0.633. The van der Waals surface area contributed by atoms with Crippen molar-refractivity contribution in [2.24, 2.45) is 0 Å². The van der Waals surface area contributed by atoms with E-state index in [1.165, 1.54) is 5.56 Å². The third-order valence-electron chi connectivity index (χ3n) is 2.54. The summed E-state index contributed by atoms with van der Waals surface area (Å²) in [7, 11) is 0. The topological polar surface area (TPSA) is 12.0 Å². The Morgan fingerprint density at radius 2 is 1.93 bits per heavy atom. The number of nitrogens with one attached hydrogen (secondary N) is 1. The van der Waals surface area contributed by atoms with Gasteiger partial charge < -0.3 is 5.32 Å². The maximum Gasteiger partial charge on any atom is 0.103 e. The highest BCUT2D eigenvalue weighted by atomic mass is 35.5. The molecular formula is C11H15ClFN. The smallest absolute Gasteiger partial charge is 0.103 e. The van der Waals surface area contributed by atoms with E-state index in [-0.39, 0.29) is 18.4 Å². The van der Waals surface area contributed by atoms with Gasteiger partial charge in [-0.2, -0.15) is 0 Å². The van der Waals surface area contributed by atoms with Gasteiger partial charge in [-0.3, -0.25) is 0 Å². The molecule has 1 aromatic carbocycles. The fourth-order valence-electron chi connectivity index (χ4n) is 1.81. The minimum Gasteiger partial charge on any atom is -0.310 e. The van der Waals surface area contributed by atoms with Crippen LogP contribution in [0.2, 0.25) is 0 Å². The van der Waals surface area contributed by atoms with Gasteiger partial charge >= 0.3 is 0 Å². The number of rotatable bonds is 1. The number of piperidine rings is 1. The highest BCUT2D eigenvalue weighted by Gasteiger charge is 2.21. The molecule has 78 valence electrons. The first kappa shape index (κ1) is 11.5. The fraction of sp³-hybridized carbons (Fsp3) is 0.455. The fourth-order valence-corrected chi connectivity index (χ4v) is 1.81. The third kappa shape index (κ3) is 2.69. The van der Waals surface area contributed by atoms with E-state index in [1.807, 2.05) is 18.2 Å². The second kappa shape index (κ2) is 5.32. The number of alkyl halides is 1. The van der Waals surface area contributed by atoms with E-state index in [0.717, 1.165) is 6.54 Å². The van der Waals surface area contributed by atoms with Crippen LogP contribution in [0.25, 0.3) is 0 Å². The molecular weight excluding hydrogens is 201 g/mol. The van der Waals surface area contributed by atoms with E-state index in [9.17, 15) is 4.39 Å². The van der Waals surface area contributed by atoms with E-state index >= 15 is 0 Å². The highest BCUT2D eigenvalue weighted by molar-refractivity contribution is 5.85. The Bertz CT molecular complexity index is 265. The van der Waals surface area contributed by atoms with Crippen LogP contribution in [0.5, 0.6) is 0 Å². The van der Waals surface area contributed by atoms with Crippen molar-refractivity contribution in [1.82, 2.24) is 5.32 Å². The van der Waals surface area contributed by atoms with E-state index in [4.69, 9.17) is 0 Å². The number of hydrogen-bond acceptors (Lipinski definition) is 1. The van der Waals surface area contributed by atoms with Crippen molar-refractivity contribution >= 4 is 12.4 Å². The molecule has 3 heteroatoms. The van der Waals surface area contributed by atoms with Crippen molar-refractivity contribution in [3.63, 3.8) is 0 Å². The molecule has 2 atom stereocenters. The van der Waals surface area contributed by atoms with Crippen LogP contribution in [0.1, 0.15) is 24.4 Å². The Morgan fingerprint density at radius 1 is 1.21 bits per heavy atom. The summed E-state index contributed by atoms with van der Waals surface area (Å²) < 4.78 is 13.1. The van der Waals surface area contributed by atoms with Crippen LogP contribution in [0.4, 0.5) is 4.39 Å². The molecule has 2 rings (SSSR count). The van der Waals surface area contributed by atoms with Gasteiger partial charge in [0.05, 0.1) is 0 Å². The first-order chi connectivity index (χ1) is 6.36. The van der Waals surface area contributed by atoms with Crippen molar-refractivity contribution in [1.29, 1.82) is 0 Å². The Morgan fingerprint density at radius 3 is 2.57 bits per heavy atom. The summed E-state index contributed by atoms with van der Waals surface area (Å²) in [4.78, 5) is 0. The molecule has 0 spiro atoms. The molecule has 1 aliphatic heterocycles. The quantitative estimate of drug-likeness (QED) is 0.760. The Labute approximate surface area is 90.1 Å². The van der Waals surface area contributed by atoms with E-state index in [2.05, 4.69) is 17.4 Å². The van der Waals surface area contributed by atoms with Gasteiger partial charge in [-0.05, 0) is 24.9 Å². The van der Waals surface area contributed by atoms with Crippen molar-refractivity contribution < 1.29 is 4.39 Å². The molecule has 0 bridgehead atoms. The molecule has 1 aliphatic rings. The van der Waals surface area contributed by atoms with Crippen molar-refractivity contribution in [2.75, 3.05) is 6.54 Å². The summed E-state index contributed by atoms with van der Waals surface area (Å²) in [6.07, 6.45) is 0.638. The Kier molecular flexibility index (Phi) is 4.36. The van der Waals surface area contributed by atoms with E-state index in [1.54, 1.807) is 0 Å². The molecule has 1 aromatic rings. The van der Waals surface area contributed by atoms with Crippen LogP contribution in [-0.4, -0.2) is 12.7 Å². The summed E-state index contributed by atoms with van der Waals surface area (Å²) in [5, 5.41) is 3.33. The van der Waals surface area contributed by atoms with Crippen LogP contribution >= 0.6 is 12.4 Å². The summed E-state index contributed by atoms with van der Waals surface area (Å²) in [6, 6.07) is 10.3. The lowest BCUT2D eigenvalue weighted by molar-refractivity contribution is 0.224. The molecule has 1 nitrogen and oxygen atoms in total. The predicted octanol–water partition coefficient (Wildman–Crippen LogP) is 2.87. The summed E-state index contributed by atoms with van der Waals surface area (Å²) in [5.41, 5.74) is 1.20. The van der Waals surface area contributed by atoms with Gasteiger partial charge in [0.15, 0.2) is 0 Å². The SMILES string of the molecule is Cl.FC1CCNC(c2ccccc2)C1. The molecule has 1 saturated heterocycles. The zero-order valence-corrected chi connectivity index (χ0v) is 8.77. The van der Waals surface area contributed by atoms with Gasteiger partial charge in [-0.1, -0.05) is 30.3 Å². The Balaban J connectivity index is 0.000000980. The van der Waals surface area contributed by atoms with E-state index < -0.39 is 6.17 Å². The number of hydrogen-bond donors (Lipinski definition) is 1. The standard InChI is InChI=1S/C11H14FN.ClH/c12-10-6-7-13-11(8-10)9-4-2-1-3-5-9;/h1-5,10-11,13H,6-8H2;1H. The maximum atomic E-state index is 13.1. The van der Waals surface area contributed by atoms with Crippen LogP contribution in [0.3, 0.4) is 0 Å². The lowest BCUT2D eigenvalue weighted by Crippen LogP contribution is -2.32. The first-order valence-electron chi connectivity index (χ1n) is 4.78. The molecule has 0 radical (unpaired) electrons. The average Bonchev–Trinajstić information content (AvgIpc) is 2.19. The lowest BCUT2D eigenvalue weighted by atomic mass is 9.96. The van der Waals surface area contributed by atoms with Crippen molar-refractivity contribution in [2.45, 2.75) is 25.1 Å². The highest BCUT2D eigenvalue weighted by Crippen LogP contribution is 2.24. The monoisotopic (exact) mass is 215 g/mol. The predicted molar refractivity (Wildman–Crippen MR) is 58.6 cm³/mol. The van der Waals surface area contributed by atoms with Crippen molar-refractivity contribution in [3.8, 4) is 0 Å². The van der Waals surface area contributed by atoms with Crippen LogP contribution in [0, 0.1) is 0 Å². The molecule has 1 N–H and O–H groups in total. The maximum absolute atomic E-state index is 13.1. The zero-order valence-electron chi connectivity index (χ0n) is 7.95. The van der Waals surface area contributed by atoms with E-state index in [0.29, 0.717) is 12.8 Å². The largest absolute Gasteiger partial charge is 0.310 e. The Hall–Kier alpha value is -0.600. The van der Waals surface area contributed by atoms with Gasteiger partial charge in [0.25, 0.3) is 0 Å². The molecule has 0 aromatic heterocycles. The second-order valence-corrected chi connectivity index (χ2v) is 3.54. The van der Waals surface area contributed by atoms with Gasteiger partial charge in [0.2, 0.25) is 0 Å². The van der Waals surface area contributed by atoms with Gasteiger partial charge in [0, 0.05) is 6.04 Å². The molecule has 0 amide bonds. The van der Waals surface area contributed by atoms with Crippen LogP contribution in [-0.2, 0) is 0 Å². The summed E-state index contributed by atoms with van der Waals surface area (Å²) >= 11 is 0. The average molecular weight is 216 g/mol. The lowest BCUT2D eigenvalue weighted by Gasteiger charge is -2.26. The zero-order chi connectivity index (χ0) is 9.10. The van der Waals surface area contributed by atoms with Gasteiger partial charge in [-0.25, -0.2) is 4.39 Å². The molecule has 0 aliphatic carbocycles. The second-order valence-electron chi connectivity index (χ2n) is 3.54. The van der Waals surface area contributed by atoms with Crippen LogP contribution < -0.4 is 5.32 Å². The van der Waals surface area contributed by atoms with Crippen molar-refractivity contribution in [3.05, 3.63) is 35.9 Å². The number of benzene rings is 1. The molecule has 1 heterocycles. The molecule has 1 fully saturated rings. The van der Waals surface area contributed by atoms with Crippen LogP contribution in [0.15, 0.2) is 30.3 Å². The molecule has 0 saturated carbocycles. The van der Waals surface area contributed by atoms with Gasteiger partial charge in [0.1, 0.15) is 6.17 Å². The first-order valence-corrected chi connectivity index (χ1v) is 4.78. The summed E-state index contributed by atoms with van der Waals surface area (Å²) in [6.45, 7) is 0.792. The molecule has 2 unspecified atom stereocenters. The minimum absolute atomic E-state index is 0.